The maximum Gasteiger partial charge on any atom is 0.433 e. The summed E-state index contributed by atoms with van der Waals surface area (Å²) in [6.45, 7) is 3.86. The van der Waals surface area contributed by atoms with Gasteiger partial charge in [0.15, 0.2) is 0 Å². The molecule has 1 aliphatic carbocycles. The first-order valence-corrected chi connectivity index (χ1v) is 7.39. The molecule has 0 bridgehead atoms. The van der Waals surface area contributed by atoms with Gasteiger partial charge in [-0.3, -0.25) is 15.0 Å². The summed E-state index contributed by atoms with van der Waals surface area (Å²) in [5, 5.41) is 14.2. The molecule has 6 heteroatoms. The van der Waals surface area contributed by atoms with E-state index in [0.717, 1.165) is 25.6 Å². The monoisotopic (exact) mass is 279 g/mol. The predicted molar refractivity (Wildman–Crippen MR) is 74.4 cm³/mol. The van der Waals surface area contributed by atoms with Gasteiger partial charge in [0.05, 0.1) is 12.6 Å². The molecule has 2 aliphatic rings. The van der Waals surface area contributed by atoms with Gasteiger partial charge in [0, 0.05) is 19.1 Å². The van der Waals surface area contributed by atoms with Crippen LogP contribution in [0.2, 0.25) is 0 Å². The second kappa shape index (κ2) is 5.93. The molecule has 0 radical (unpaired) electrons. The van der Waals surface area contributed by atoms with Crippen LogP contribution in [0.4, 0.5) is 5.88 Å². The van der Waals surface area contributed by atoms with Crippen LogP contribution >= 0.6 is 0 Å². The van der Waals surface area contributed by atoms with Crippen molar-refractivity contribution in [2.45, 2.75) is 38.3 Å². The molecule has 2 heterocycles. The van der Waals surface area contributed by atoms with Crippen LogP contribution in [-0.4, -0.2) is 35.5 Å². The number of furan rings is 1. The van der Waals surface area contributed by atoms with Crippen LogP contribution < -0.4 is 5.32 Å². The van der Waals surface area contributed by atoms with Crippen LogP contribution in [0.5, 0.6) is 0 Å². The number of nitrogens with zero attached hydrogens (tertiary/aromatic N) is 2. The first-order valence-electron chi connectivity index (χ1n) is 7.39. The number of hydrogen-bond acceptors (Lipinski definition) is 5. The quantitative estimate of drug-likeness (QED) is 0.611. The largest absolute Gasteiger partial charge is 0.433 e. The molecule has 1 N–H and O–H groups in total. The van der Waals surface area contributed by atoms with E-state index < -0.39 is 4.92 Å². The molecule has 1 atom stereocenters. The van der Waals surface area contributed by atoms with Crippen molar-refractivity contribution in [1.29, 1.82) is 0 Å². The van der Waals surface area contributed by atoms with Gasteiger partial charge >= 0.3 is 5.88 Å². The average Bonchev–Trinajstić information content (AvgIpc) is 2.91. The highest BCUT2D eigenvalue weighted by Crippen LogP contribution is 2.30. The minimum Gasteiger partial charge on any atom is -0.404 e. The van der Waals surface area contributed by atoms with Crippen LogP contribution in [0, 0.1) is 16.0 Å². The lowest BCUT2D eigenvalue weighted by molar-refractivity contribution is -0.402. The number of nitro groups is 1. The third-order valence-electron chi connectivity index (χ3n) is 4.06. The van der Waals surface area contributed by atoms with E-state index in [1.54, 1.807) is 6.07 Å². The molecule has 0 amide bonds. The molecule has 6 nitrogen and oxygen atoms in total. The fraction of sp³-hybridized carbons (Fsp3) is 0.714. The minimum absolute atomic E-state index is 0.162. The Morgan fingerprint density at radius 3 is 2.80 bits per heavy atom. The molecule has 0 spiro atoms. The molecule has 1 aromatic rings. The Labute approximate surface area is 118 Å². The molecule has 1 saturated heterocycles. The summed E-state index contributed by atoms with van der Waals surface area (Å²) in [5.74, 6) is 1.34. The zero-order valence-corrected chi connectivity index (χ0v) is 11.6. The molecular weight excluding hydrogens is 258 g/mol. The molecule has 1 saturated carbocycles. The molecule has 1 aliphatic heterocycles. The van der Waals surface area contributed by atoms with Crippen LogP contribution in [0.1, 0.15) is 31.4 Å². The smallest absolute Gasteiger partial charge is 0.404 e. The normalized spacial score (nSPS) is 22.6. The number of nitrogens with one attached hydrogen (secondary N) is 1. The Kier molecular flexibility index (Phi) is 4.03. The number of rotatable bonds is 7. The SMILES string of the molecule is O=[N+]([O-])c1ccc(CN(CC2CC2)CC2CCCN2)o1. The highest BCUT2D eigenvalue weighted by atomic mass is 16.6. The second-order valence-electron chi connectivity index (χ2n) is 5.93. The van der Waals surface area contributed by atoms with E-state index in [4.69, 9.17) is 4.42 Å². The Bertz CT molecular complexity index is 464. The van der Waals surface area contributed by atoms with E-state index in [0.29, 0.717) is 18.3 Å². The summed E-state index contributed by atoms with van der Waals surface area (Å²) in [6.07, 6.45) is 5.09. The topological polar surface area (TPSA) is 71.6 Å². The lowest BCUT2D eigenvalue weighted by Crippen LogP contribution is -2.38. The van der Waals surface area contributed by atoms with Crippen molar-refractivity contribution in [2.24, 2.45) is 5.92 Å². The summed E-state index contributed by atoms with van der Waals surface area (Å²) in [7, 11) is 0. The van der Waals surface area contributed by atoms with Gasteiger partial charge in [0.2, 0.25) is 0 Å². The summed E-state index contributed by atoms with van der Waals surface area (Å²) in [5.41, 5.74) is 0. The summed E-state index contributed by atoms with van der Waals surface area (Å²) in [6, 6.07) is 3.72. The lowest BCUT2D eigenvalue weighted by Gasteiger charge is -2.24. The van der Waals surface area contributed by atoms with Crippen molar-refractivity contribution < 1.29 is 9.34 Å². The van der Waals surface area contributed by atoms with Gasteiger partial charge in [-0.25, -0.2) is 0 Å². The zero-order chi connectivity index (χ0) is 13.9. The lowest BCUT2D eigenvalue weighted by atomic mass is 10.2. The third kappa shape index (κ3) is 3.58. The van der Waals surface area contributed by atoms with Gasteiger partial charge in [0.1, 0.15) is 10.7 Å². The van der Waals surface area contributed by atoms with E-state index in [-0.39, 0.29) is 5.88 Å². The van der Waals surface area contributed by atoms with Crippen molar-refractivity contribution in [3.63, 3.8) is 0 Å². The van der Waals surface area contributed by atoms with Crippen molar-refractivity contribution in [1.82, 2.24) is 10.2 Å². The van der Waals surface area contributed by atoms with Gasteiger partial charge in [-0.15, -0.1) is 0 Å². The fourth-order valence-electron chi connectivity index (χ4n) is 2.86. The molecule has 0 aromatic carbocycles. The van der Waals surface area contributed by atoms with Gasteiger partial charge in [-0.2, -0.15) is 0 Å². The Balaban J connectivity index is 1.59. The van der Waals surface area contributed by atoms with Crippen molar-refractivity contribution in [3.8, 4) is 0 Å². The highest BCUT2D eigenvalue weighted by molar-refractivity contribution is 5.17. The van der Waals surface area contributed by atoms with Crippen molar-refractivity contribution in [3.05, 3.63) is 28.0 Å². The summed E-state index contributed by atoms with van der Waals surface area (Å²) < 4.78 is 5.28. The second-order valence-corrected chi connectivity index (χ2v) is 5.93. The van der Waals surface area contributed by atoms with E-state index in [9.17, 15) is 10.1 Å². The first-order chi connectivity index (χ1) is 9.70. The standard InChI is InChI=1S/C14H21N3O3/c18-17(19)14-6-5-13(20-14)10-16(8-11-3-4-11)9-12-2-1-7-15-12/h5-6,11-12,15H,1-4,7-10H2. The van der Waals surface area contributed by atoms with Gasteiger partial charge in [-0.05, 0) is 44.2 Å². The van der Waals surface area contributed by atoms with Crippen LogP contribution in [0.15, 0.2) is 16.5 Å². The number of hydrogen-bond donors (Lipinski definition) is 1. The molecule has 110 valence electrons. The summed E-state index contributed by atoms with van der Waals surface area (Å²) in [4.78, 5) is 12.6. The third-order valence-corrected chi connectivity index (χ3v) is 4.06. The maximum atomic E-state index is 10.7. The fourth-order valence-corrected chi connectivity index (χ4v) is 2.86. The molecular formula is C14H21N3O3. The Morgan fingerprint density at radius 2 is 2.20 bits per heavy atom. The molecule has 1 aromatic heterocycles. The molecule has 3 rings (SSSR count). The first kappa shape index (κ1) is 13.6. The van der Waals surface area contributed by atoms with Crippen LogP contribution in [0.3, 0.4) is 0 Å². The van der Waals surface area contributed by atoms with Crippen molar-refractivity contribution >= 4 is 5.88 Å². The maximum absolute atomic E-state index is 10.7. The van der Waals surface area contributed by atoms with Crippen LogP contribution in [0.25, 0.3) is 0 Å². The highest BCUT2D eigenvalue weighted by Gasteiger charge is 2.27. The van der Waals surface area contributed by atoms with Gasteiger partial charge in [-0.1, -0.05) is 0 Å². The van der Waals surface area contributed by atoms with E-state index in [1.165, 1.54) is 31.7 Å². The van der Waals surface area contributed by atoms with Gasteiger partial charge in [0.25, 0.3) is 0 Å². The minimum atomic E-state index is -0.479. The van der Waals surface area contributed by atoms with E-state index >= 15 is 0 Å². The summed E-state index contributed by atoms with van der Waals surface area (Å²) >= 11 is 0. The Hall–Kier alpha value is -1.40. The Morgan fingerprint density at radius 1 is 1.35 bits per heavy atom. The molecule has 20 heavy (non-hydrogen) atoms. The van der Waals surface area contributed by atoms with E-state index in [1.807, 2.05) is 0 Å². The van der Waals surface area contributed by atoms with E-state index in [2.05, 4.69) is 10.2 Å². The average molecular weight is 279 g/mol. The molecule has 2 fully saturated rings. The van der Waals surface area contributed by atoms with Crippen LogP contribution in [-0.2, 0) is 6.54 Å². The predicted octanol–water partition coefficient (Wildman–Crippen LogP) is 2.15. The molecule has 1 unspecified atom stereocenters. The van der Waals surface area contributed by atoms with Crippen molar-refractivity contribution in [2.75, 3.05) is 19.6 Å². The zero-order valence-electron chi connectivity index (χ0n) is 11.6. The van der Waals surface area contributed by atoms with Gasteiger partial charge < -0.3 is 9.73 Å².